The summed E-state index contributed by atoms with van der Waals surface area (Å²) in [6.45, 7) is 3.07. The fraction of sp³-hybridized carbons (Fsp3) is 0.250. The van der Waals surface area contributed by atoms with Gasteiger partial charge in [-0.25, -0.2) is 9.07 Å². The highest BCUT2D eigenvalue weighted by molar-refractivity contribution is 5.92. The fourth-order valence-electron chi connectivity index (χ4n) is 3.77. The minimum Gasteiger partial charge on any atom is -0.344 e. The van der Waals surface area contributed by atoms with Gasteiger partial charge in [0.2, 0.25) is 0 Å². The molecule has 37 heavy (non-hydrogen) atoms. The van der Waals surface area contributed by atoms with E-state index in [1.54, 1.807) is 26.2 Å². The molecule has 1 atom stereocenters. The lowest BCUT2D eigenvalue weighted by molar-refractivity contribution is -0.140. The molecule has 0 aliphatic carbocycles. The summed E-state index contributed by atoms with van der Waals surface area (Å²) in [6.07, 6.45) is -0.144. The van der Waals surface area contributed by atoms with Crippen molar-refractivity contribution in [3.63, 3.8) is 0 Å². The molecule has 1 amide bonds. The molecule has 0 aliphatic rings. The highest BCUT2D eigenvalue weighted by Gasteiger charge is 2.35. The summed E-state index contributed by atoms with van der Waals surface area (Å²) in [6, 6.07) is 4.65. The van der Waals surface area contributed by atoms with E-state index >= 15 is 0 Å². The van der Waals surface area contributed by atoms with Crippen LogP contribution in [-0.4, -0.2) is 35.7 Å². The molecular weight excluding hydrogens is 494 g/mol. The third-order valence-corrected chi connectivity index (χ3v) is 5.73. The van der Waals surface area contributed by atoms with Crippen LogP contribution in [0.1, 0.15) is 47.1 Å². The molecule has 4 aromatic rings. The number of aryl methyl sites for hydroxylation is 2. The number of aromatic nitrogens is 6. The largest absolute Gasteiger partial charge is 0.419 e. The van der Waals surface area contributed by atoms with Crippen molar-refractivity contribution in [1.29, 1.82) is 0 Å². The number of carbonyl (C=O) groups excluding carboxylic acids is 1. The Morgan fingerprint density at radius 3 is 2.57 bits per heavy atom. The fourth-order valence-corrected chi connectivity index (χ4v) is 3.77. The van der Waals surface area contributed by atoms with Gasteiger partial charge in [-0.15, -0.1) is 5.10 Å². The number of pyridine rings is 1. The Morgan fingerprint density at radius 2 is 1.92 bits per heavy atom. The van der Waals surface area contributed by atoms with Gasteiger partial charge in [0.1, 0.15) is 11.5 Å². The Morgan fingerprint density at radius 1 is 1.16 bits per heavy atom. The van der Waals surface area contributed by atoms with Crippen LogP contribution >= 0.6 is 0 Å². The van der Waals surface area contributed by atoms with Gasteiger partial charge >= 0.3 is 6.18 Å². The molecule has 0 fully saturated rings. The molecule has 4 rings (SSSR count). The van der Waals surface area contributed by atoms with E-state index in [0.29, 0.717) is 17.3 Å². The quantitative estimate of drug-likeness (QED) is 0.393. The van der Waals surface area contributed by atoms with Crippen LogP contribution < -0.4 is 10.9 Å². The molecule has 0 bridgehead atoms. The van der Waals surface area contributed by atoms with Crippen LogP contribution in [0.3, 0.4) is 0 Å². The molecule has 13 heteroatoms. The van der Waals surface area contributed by atoms with Crippen LogP contribution in [0.2, 0.25) is 0 Å². The summed E-state index contributed by atoms with van der Waals surface area (Å²) < 4.78 is 56.4. The first kappa shape index (κ1) is 25.7. The number of amides is 1. The number of benzene rings is 1. The zero-order valence-electron chi connectivity index (χ0n) is 19.9. The SMILES string of the molecule is CCc1cc(C(=O)N[C@H](C)c2cccc(C(F)(F)F)c2F)nn(-c2cncc(-c3cnnn3C)c2)c1=O. The number of rotatable bonds is 6. The number of halogens is 4. The molecule has 3 heterocycles. The van der Waals surface area contributed by atoms with Gasteiger partial charge in [0.05, 0.1) is 35.4 Å². The van der Waals surface area contributed by atoms with Gasteiger partial charge in [-0.3, -0.25) is 14.6 Å². The van der Waals surface area contributed by atoms with Crippen LogP contribution in [0.5, 0.6) is 0 Å². The van der Waals surface area contributed by atoms with E-state index < -0.39 is 35.1 Å². The number of carbonyl (C=O) groups is 1. The maximum atomic E-state index is 14.6. The van der Waals surface area contributed by atoms with Gasteiger partial charge in [-0.2, -0.15) is 23.0 Å². The molecule has 192 valence electrons. The van der Waals surface area contributed by atoms with Crippen LogP contribution in [0.4, 0.5) is 17.6 Å². The second-order valence-electron chi connectivity index (χ2n) is 8.20. The van der Waals surface area contributed by atoms with Crippen molar-refractivity contribution in [2.24, 2.45) is 7.05 Å². The van der Waals surface area contributed by atoms with Gasteiger partial charge in [0.15, 0.2) is 0 Å². The maximum absolute atomic E-state index is 14.6. The van der Waals surface area contributed by atoms with Gasteiger partial charge in [0.25, 0.3) is 11.5 Å². The lowest BCUT2D eigenvalue weighted by Gasteiger charge is -2.18. The molecule has 9 nitrogen and oxygen atoms in total. The Balaban J connectivity index is 1.69. The van der Waals surface area contributed by atoms with E-state index in [2.05, 4.69) is 25.7 Å². The summed E-state index contributed by atoms with van der Waals surface area (Å²) in [7, 11) is 1.69. The smallest absolute Gasteiger partial charge is 0.344 e. The summed E-state index contributed by atoms with van der Waals surface area (Å²) in [5.74, 6) is -2.27. The lowest BCUT2D eigenvalue weighted by Crippen LogP contribution is -2.33. The van der Waals surface area contributed by atoms with Crippen molar-refractivity contribution in [1.82, 2.24) is 35.1 Å². The predicted octanol–water partition coefficient (Wildman–Crippen LogP) is 3.63. The van der Waals surface area contributed by atoms with Crippen molar-refractivity contribution >= 4 is 5.91 Å². The van der Waals surface area contributed by atoms with E-state index in [-0.39, 0.29) is 28.9 Å². The highest BCUT2D eigenvalue weighted by Crippen LogP contribution is 2.33. The molecule has 3 aromatic heterocycles. The Kier molecular flexibility index (Phi) is 6.88. The van der Waals surface area contributed by atoms with Crippen LogP contribution in [0.15, 0.2) is 53.7 Å². The second kappa shape index (κ2) is 9.91. The minimum atomic E-state index is -4.88. The lowest BCUT2D eigenvalue weighted by atomic mass is 10.0. The molecule has 0 unspecified atom stereocenters. The van der Waals surface area contributed by atoms with Crippen molar-refractivity contribution in [3.8, 4) is 16.9 Å². The molecule has 0 aliphatic heterocycles. The number of nitrogens with zero attached hydrogens (tertiary/aromatic N) is 6. The first-order valence-corrected chi connectivity index (χ1v) is 11.1. The van der Waals surface area contributed by atoms with E-state index in [9.17, 15) is 27.2 Å². The first-order valence-electron chi connectivity index (χ1n) is 11.1. The third kappa shape index (κ3) is 5.10. The number of nitrogens with one attached hydrogen (secondary N) is 1. The predicted molar refractivity (Wildman–Crippen MR) is 124 cm³/mol. The van der Waals surface area contributed by atoms with Crippen LogP contribution in [-0.2, 0) is 19.6 Å². The topological polar surface area (TPSA) is 108 Å². The van der Waals surface area contributed by atoms with Crippen molar-refractivity contribution < 1.29 is 22.4 Å². The summed E-state index contributed by atoms with van der Waals surface area (Å²) >= 11 is 0. The zero-order valence-corrected chi connectivity index (χ0v) is 19.9. The van der Waals surface area contributed by atoms with Gasteiger partial charge in [-0.1, -0.05) is 24.3 Å². The molecule has 0 spiro atoms. The van der Waals surface area contributed by atoms with E-state index in [1.807, 2.05) is 0 Å². The maximum Gasteiger partial charge on any atom is 0.419 e. The van der Waals surface area contributed by atoms with Crippen molar-refractivity contribution in [2.45, 2.75) is 32.5 Å². The summed E-state index contributed by atoms with van der Waals surface area (Å²) in [5, 5.41) is 14.3. The standard InChI is InChI=1S/C24H21F4N7O2/c1-4-14-9-19(22(36)31-13(2)17-6-5-7-18(21(17)25)24(26,27)28)32-35(23(14)37)16-8-15(10-29-11-16)20-12-30-33-34(20)3/h5-13H,4H2,1-3H3,(H,31,36)/t13-/m1/s1. The summed E-state index contributed by atoms with van der Waals surface area (Å²) in [4.78, 5) is 30.2. The number of hydrogen-bond acceptors (Lipinski definition) is 6. The Hall–Kier alpha value is -4.42. The Bertz CT molecular complexity index is 1530. The normalized spacial score (nSPS) is 12.4. The van der Waals surface area contributed by atoms with E-state index in [1.165, 1.54) is 30.1 Å². The van der Waals surface area contributed by atoms with E-state index in [0.717, 1.165) is 16.8 Å². The van der Waals surface area contributed by atoms with Gasteiger partial charge in [0, 0.05) is 29.9 Å². The van der Waals surface area contributed by atoms with Crippen molar-refractivity contribution in [3.05, 3.63) is 87.5 Å². The third-order valence-electron chi connectivity index (χ3n) is 5.73. The number of hydrogen-bond donors (Lipinski definition) is 1. The van der Waals surface area contributed by atoms with Gasteiger partial charge < -0.3 is 5.32 Å². The molecule has 0 saturated carbocycles. The number of alkyl halides is 3. The van der Waals surface area contributed by atoms with Crippen LogP contribution in [0, 0.1) is 5.82 Å². The zero-order chi connectivity index (χ0) is 26.9. The van der Waals surface area contributed by atoms with Crippen LogP contribution in [0.25, 0.3) is 16.9 Å². The molecule has 1 N–H and O–H groups in total. The first-order chi connectivity index (χ1) is 17.5. The molecule has 1 aromatic carbocycles. The molecule has 0 radical (unpaired) electrons. The van der Waals surface area contributed by atoms with E-state index in [4.69, 9.17) is 0 Å². The molecular formula is C24H21F4N7O2. The average Bonchev–Trinajstić information content (AvgIpc) is 3.29. The van der Waals surface area contributed by atoms with Gasteiger partial charge in [-0.05, 0) is 31.5 Å². The average molecular weight is 515 g/mol. The summed E-state index contributed by atoms with van der Waals surface area (Å²) in [5.41, 5.74) is -0.655. The second-order valence-corrected chi connectivity index (χ2v) is 8.20. The monoisotopic (exact) mass is 515 g/mol. The Labute approximate surface area is 207 Å². The molecule has 0 saturated heterocycles. The minimum absolute atomic E-state index is 0.178. The van der Waals surface area contributed by atoms with Crippen molar-refractivity contribution in [2.75, 3.05) is 0 Å². The highest BCUT2D eigenvalue weighted by atomic mass is 19.4.